The van der Waals surface area contributed by atoms with Crippen LogP contribution in [0, 0.1) is 28.6 Å². The van der Waals surface area contributed by atoms with Crippen LogP contribution in [0.1, 0.15) is 39.5 Å². The van der Waals surface area contributed by atoms with Gasteiger partial charge in [0.25, 0.3) is 0 Å². The SMILES string of the molecule is CCC1CCC(C#N)(C(O)C(C)COC)C1. The first-order valence-corrected chi connectivity index (χ1v) is 6.18. The molecule has 1 aliphatic rings. The molecule has 1 saturated carbocycles. The fourth-order valence-corrected chi connectivity index (χ4v) is 2.86. The van der Waals surface area contributed by atoms with E-state index in [0.717, 1.165) is 25.7 Å². The Bertz CT molecular complexity index is 261. The molecule has 0 heterocycles. The predicted molar refractivity (Wildman–Crippen MR) is 62.7 cm³/mol. The first-order valence-electron chi connectivity index (χ1n) is 6.18. The molecule has 16 heavy (non-hydrogen) atoms. The van der Waals surface area contributed by atoms with Gasteiger partial charge < -0.3 is 9.84 Å². The minimum Gasteiger partial charge on any atom is -0.391 e. The summed E-state index contributed by atoms with van der Waals surface area (Å²) < 4.78 is 5.06. The zero-order valence-corrected chi connectivity index (χ0v) is 10.6. The quantitative estimate of drug-likeness (QED) is 0.781. The third-order valence-corrected chi connectivity index (χ3v) is 3.99. The van der Waals surface area contributed by atoms with Crippen molar-refractivity contribution in [3.05, 3.63) is 0 Å². The van der Waals surface area contributed by atoms with Gasteiger partial charge in [0.15, 0.2) is 0 Å². The Morgan fingerprint density at radius 2 is 2.31 bits per heavy atom. The molecule has 1 N–H and O–H groups in total. The summed E-state index contributed by atoms with van der Waals surface area (Å²) in [4.78, 5) is 0. The van der Waals surface area contributed by atoms with Gasteiger partial charge in [-0.25, -0.2) is 0 Å². The van der Waals surface area contributed by atoms with Crippen LogP contribution in [0.15, 0.2) is 0 Å². The van der Waals surface area contributed by atoms with Crippen molar-refractivity contribution in [2.24, 2.45) is 17.3 Å². The number of nitriles is 1. The molecule has 4 atom stereocenters. The zero-order chi connectivity index (χ0) is 12.2. The van der Waals surface area contributed by atoms with Gasteiger partial charge in [0.1, 0.15) is 0 Å². The second-order valence-electron chi connectivity index (χ2n) is 5.16. The van der Waals surface area contributed by atoms with E-state index in [9.17, 15) is 10.4 Å². The van der Waals surface area contributed by atoms with Gasteiger partial charge in [-0.3, -0.25) is 0 Å². The molecule has 0 aromatic carbocycles. The highest BCUT2D eigenvalue weighted by Gasteiger charge is 2.46. The van der Waals surface area contributed by atoms with Gasteiger partial charge in [0.05, 0.1) is 24.2 Å². The maximum absolute atomic E-state index is 10.3. The second-order valence-corrected chi connectivity index (χ2v) is 5.16. The number of rotatable bonds is 5. The number of aliphatic hydroxyl groups is 1. The molecule has 1 rings (SSSR count). The van der Waals surface area contributed by atoms with E-state index in [0.29, 0.717) is 12.5 Å². The maximum Gasteiger partial charge on any atom is 0.0838 e. The van der Waals surface area contributed by atoms with Crippen LogP contribution in [-0.4, -0.2) is 24.9 Å². The molecule has 0 bridgehead atoms. The van der Waals surface area contributed by atoms with E-state index >= 15 is 0 Å². The molecule has 3 nitrogen and oxygen atoms in total. The Morgan fingerprint density at radius 1 is 1.62 bits per heavy atom. The Labute approximate surface area is 98.4 Å². The van der Waals surface area contributed by atoms with Crippen LogP contribution < -0.4 is 0 Å². The molecule has 0 saturated heterocycles. The predicted octanol–water partition coefficient (Wildman–Crippen LogP) is 2.35. The van der Waals surface area contributed by atoms with E-state index in [1.54, 1.807) is 7.11 Å². The summed E-state index contributed by atoms with van der Waals surface area (Å²) in [7, 11) is 1.63. The highest BCUT2D eigenvalue weighted by molar-refractivity contribution is 5.09. The van der Waals surface area contributed by atoms with Crippen LogP contribution in [-0.2, 0) is 4.74 Å². The molecule has 0 spiro atoms. The van der Waals surface area contributed by atoms with E-state index < -0.39 is 11.5 Å². The standard InChI is InChI=1S/C13H23NO2/c1-4-11-5-6-13(7-11,9-14)12(15)10(2)8-16-3/h10-12,15H,4-8H2,1-3H3. The molecule has 0 amide bonds. The molecule has 0 aromatic heterocycles. The normalized spacial score (nSPS) is 33.3. The van der Waals surface area contributed by atoms with Crippen LogP contribution in [0.5, 0.6) is 0 Å². The zero-order valence-electron chi connectivity index (χ0n) is 10.6. The number of hydrogen-bond donors (Lipinski definition) is 1. The van der Waals surface area contributed by atoms with Crippen molar-refractivity contribution in [2.75, 3.05) is 13.7 Å². The van der Waals surface area contributed by atoms with E-state index in [1.807, 2.05) is 6.92 Å². The summed E-state index contributed by atoms with van der Waals surface area (Å²) in [6, 6.07) is 2.38. The Morgan fingerprint density at radius 3 is 2.75 bits per heavy atom. The van der Waals surface area contributed by atoms with Crippen LogP contribution >= 0.6 is 0 Å². The highest BCUT2D eigenvalue weighted by Crippen LogP contribution is 2.46. The lowest BCUT2D eigenvalue weighted by Crippen LogP contribution is -2.38. The molecule has 0 aromatic rings. The molecule has 4 unspecified atom stereocenters. The van der Waals surface area contributed by atoms with Gasteiger partial charge >= 0.3 is 0 Å². The van der Waals surface area contributed by atoms with Crippen molar-refractivity contribution in [1.29, 1.82) is 5.26 Å². The van der Waals surface area contributed by atoms with Gasteiger partial charge in [-0.1, -0.05) is 20.3 Å². The van der Waals surface area contributed by atoms with Gasteiger partial charge in [-0.2, -0.15) is 5.26 Å². The molecule has 3 heteroatoms. The van der Waals surface area contributed by atoms with E-state index in [1.165, 1.54) is 0 Å². The molecule has 92 valence electrons. The van der Waals surface area contributed by atoms with Crippen LogP contribution in [0.3, 0.4) is 0 Å². The van der Waals surface area contributed by atoms with Crippen molar-refractivity contribution in [3.8, 4) is 6.07 Å². The molecule has 0 radical (unpaired) electrons. The first-order chi connectivity index (χ1) is 7.59. The smallest absolute Gasteiger partial charge is 0.0838 e. The summed E-state index contributed by atoms with van der Waals surface area (Å²) in [6.07, 6.45) is 3.29. The molecule has 1 aliphatic carbocycles. The largest absolute Gasteiger partial charge is 0.391 e. The third-order valence-electron chi connectivity index (χ3n) is 3.99. The number of aliphatic hydroxyl groups excluding tert-OH is 1. The molecular formula is C13H23NO2. The van der Waals surface area contributed by atoms with Crippen molar-refractivity contribution in [1.82, 2.24) is 0 Å². The Balaban J connectivity index is 2.71. The van der Waals surface area contributed by atoms with Crippen LogP contribution in [0.2, 0.25) is 0 Å². The van der Waals surface area contributed by atoms with E-state index in [2.05, 4.69) is 13.0 Å². The van der Waals surface area contributed by atoms with Crippen LogP contribution in [0.4, 0.5) is 0 Å². The summed E-state index contributed by atoms with van der Waals surface area (Å²) >= 11 is 0. The Hall–Kier alpha value is -0.590. The average Bonchev–Trinajstić information content (AvgIpc) is 2.73. The number of nitrogens with zero attached hydrogens (tertiary/aromatic N) is 1. The lowest BCUT2D eigenvalue weighted by atomic mass is 9.76. The minimum atomic E-state index is -0.561. The maximum atomic E-state index is 10.3. The average molecular weight is 225 g/mol. The highest BCUT2D eigenvalue weighted by atomic mass is 16.5. The number of ether oxygens (including phenoxy) is 1. The summed E-state index contributed by atoms with van der Waals surface area (Å²) in [5.41, 5.74) is -0.529. The van der Waals surface area contributed by atoms with Gasteiger partial charge in [0, 0.05) is 13.0 Å². The van der Waals surface area contributed by atoms with Crippen molar-refractivity contribution < 1.29 is 9.84 Å². The first kappa shape index (κ1) is 13.5. The molecule has 1 fully saturated rings. The van der Waals surface area contributed by atoms with Gasteiger partial charge in [-0.05, 0) is 25.2 Å². The van der Waals surface area contributed by atoms with Crippen molar-refractivity contribution in [3.63, 3.8) is 0 Å². The topological polar surface area (TPSA) is 53.2 Å². The number of methoxy groups -OCH3 is 1. The fourth-order valence-electron chi connectivity index (χ4n) is 2.86. The van der Waals surface area contributed by atoms with Gasteiger partial charge in [-0.15, -0.1) is 0 Å². The lowest BCUT2D eigenvalue weighted by molar-refractivity contribution is -0.00942. The number of hydrogen-bond acceptors (Lipinski definition) is 3. The third kappa shape index (κ3) is 2.56. The summed E-state index contributed by atoms with van der Waals surface area (Å²) in [6.45, 7) is 4.62. The lowest BCUT2D eigenvalue weighted by Gasteiger charge is -2.31. The molecular weight excluding hydrogens is 202 g/mol. The van der Waals surface area contributed by atoms with Crippen LogP contribution in [0.25, 0.3) is 0 Å². The van der Waals surface area contributed by atoms with Crippen molar-refractivity contribution in [2.45, 2.75) is 45.6 Å². The molecule has 0 aliphatic heterocycles. The monoisotopic (exact) mass is 225 g/mol. The van der Waals surface area contributed by atoms with E-state index in [-0.39, 0.29) is 5.92 Å². The van der Waals surface area contributed by atoms with E-state index in [4.69, 9.17) is 4.74 Å². The Kier molecular flexibility index (Phi) is 4.76. The minimum absolute atomic E-state index is 0.0280. The fraction of sp³-hybridized carbons (Fsp3) is 0.923. The summed E-state index contributed by atoms with van der Waals surface area (Å²) in [5.74, 6) is 0.629. The second kappa shape index (κ2) is 5.65. The summed E-state index contributed by atoms with van der Waals surface area (Å²) in [5, 5.41) is 19.7. The van der Waals surface area contributed by atoms with Gasteiger partial charge in [0.2, 0.25) is 0 Å². The van der Waals surface area contributed by atoms with Crippen molar-refractivity contribution >= 4 is 0 Å².